The molecule has 0 spiro atoms. The highest BCUT2D eigenvalue weighted by molar-refractivity contribution is 7.15. The fraction of sp³-hybridized carbons (Fsp3) is 0.667. The van der Waals surface area contributed by atoms with Crippen LogP contribution < -0.4 is 0 Å². The molecule has 0 unspecified atom stereocenters. The van der Waals surface area contributed by atoms with Gasteiger partial charge >= 0.3 is 6.18 Å². The molecule has 0 aromatic carbocycles. The van der Waals surface area contributed by atoms with E-state index in [0.29, 0.717) is 5.01 Å². The Labute approximate surface area is 86.9 Å². The lowest BCUT2D eigenvalue weighted by Crippen LogP contribution is -2.11. The predicted octanol–water partition coefficient (Wildman–Crippen LogP) is 2.66. The van der Waals surface area contributed by atoms with Crippen molar-refractivity contribution in [2.75, 3.05) is 6.61 Å². The minimum absolute atomic E-state index is 0.0144. The highest BCUT2D eigenvalue weighted by atomic mass is 35.5. The second kappa shape index (κ2) is 4.90. The summed E-state index contributed by atoms with van der Waals surface area (Å²) in [4.78, 5) is 0. The van der Waals surface area contributed by atoms with E-state index in [4.69, 9.17) is 16.3 Å². The lowest BCUT2D eigenvalue weighted by Gasteiger charge is -2.05. The number of hydrogen-bond acceptors (Lipinski definition) is 4. The molecule has 0 aliphatic heterocycles. The Balaban J connectivity index is 2.16. The summed E-state index contributed by atoms with van der Waals surface area (Å²) in [7, 11) is 0. The predicted molar refractivity (Wildman–Crippen MR) is 45.2 cm³/mol. The maximum Gasteiger partial charge on any atom is 0.391 e. The minimum Gasteiger partial charge on any atom is -0.374 e. The van der Waals surface area contributed by atoms with E-state index in [1.165, 1.54) is 0 Å². The van der Waals surface area contributed by atoms with Crippen molar-refractivity contribution < 1.29 is 17.9 Å². The average molecular weight is 247 g/mol. The van der Waals surface area contributed by atoms with Gasteiger partial charge in [0.15, 0.2) is 0 Å². The Kier molecular flexibility index (Phi) is 4.09. The Hall–Kier alpha value is -0.400. The van der Waals surface area contributed by atoms with Crippen molar-refractivity contribution in [1.82, 2.24) is 10.2 Å². The molecular formula is C6H6ClF3N2OS. The van der Waals surface area contributed by atoms with Crippen molar-refractivity contribution in [3.8, 4) is 0 Å². The molecule has 1 heterocycles. The average Bonchev–Trinajstić information content (AvgIpc) is 2.44. The summed E-state index contributed by atoms with van der Waals surface area (Å²) in [6.07, 6.45) is -5.14. The first-order valence-corrected chi connectivity index (χ1v) is 4.79. The first kappa shape index (κ1) is 11.7. The van der Waals surface area contributed by atoms with Crippen LogP contribution in [-0.2, 0) is 11.3 Å². The normalized spacial score (nSPS) is 12.0. The van der Waals surface area contributed by atoms with Crippen molar-refractivity contribution in [1.29, 1.82) is 0 Å². The van der Waals surface area contributed by atoms with E-state index in [1.54, 1.807) is 0 Å². The number of hydrogen-bond donors (Lipinski definition) is 0. The molecule has 1 rings (SSSR count). The monoisotopic (exact) mass is 246 g/mol. The van der Waals surface area contributed by atoms with Crippen molar-refractivity contribution in [3.63, 3.8) is 0 Å². The second-order valence-corrected chi connectivity index (χ2v) is 4.01. The van der Waals surface area contributed by atoms with Crippen molar-refractivity contribution in [2.45, 2.75) is 19.2 Å². The molecule has 0 saturated carbocycles. The third-order valence-corrected chi connectivity index (χ3v) is 2.19. The number of rotatable bonds is 4. The molecule has 0 bridgehead atoms. The summed E-state index contributed by atoms with van der Waals surface area (Å²) < 4.78 is 40.0. The van der Waals surface area contributed by atoms with E-state index < -0.39 is 12.6 Å². The van der Waals surface area contributed by atoms with Crippen LogP contribution in [0.1, 0.15) is 11.4 Å². The van der Waals surface area contributed by atoms with Gasteiger partial charge in [-0.1, -0.05) is 11.3 Å². The van der Waals surface area contributed by atoms with E-state index in [0.717, 1.165) is 11.3 Å². The van der Waals surface area contributed by atoms with Crippen LogP contribution in [0.25, 0.3) is 0 Å². The fourth-order valence-corrected chi connectivity index (χ4v) is 1.44. The summed E-state index contributed by atoms with van der Waals surface area (Å²) in [5.74, 6) is 0. The standard InChI is InChI=1S/C6H6ClF3N2OS/c7-5-12-11-4(14-5)3-13-2-1-6(8,9)10/h1-3H2. The van der Waals surface area contributed by atoms with Crippen molar-refractivity contribution >= 4 is 22.9 Å². The summed E-state index contributed by atoms with van der Waals surface area (Å²) >= 11 is 6.54. The Morgan fingerprint density at radius 2 is 2.07 bits per heavy atom. The number of nitrogens with zero attached hydrogens (tertiary/aromatic N) is 2. The van der Waals surface area contributed by atoms with Gasteiger partial charge in [-0.05, 0) is 11.6 Å². The fourth-order valence-electron chi connectivity index (χ4n) is 0.639. The molecule has 1 aromatic heterocycles. The van der Waals surface area contributed by atoms with Crippen LogP contribution in [0.15, 0.2) is 0 Å². The number of ether oxygens (including phenoxy) is 1. The summed E-state index contributed by atoms with van der Waals surface area (Å²) in [6.45, 7) is -0.360. The van der Waals surface area contributed by atoms with Gasteiger partial charge in [-0.2, -0.15) is 13.2 Å². The van der Waals surface area contributed by atoms with Gasteiger partial charge in [0, 0.05) is 0 Å². The van der Waals surface area contributed by atoms with E-state index in [2.05, 4.69) is 10.2 Å². The maximum atomic E-state index is 11.7. The zero-order valence-corrected chi connectivity index (χ0v) is 8.42. The van der Waals surface area contributed by atoms with Gasteiger partial charge in [0.25, 0.3) is 0 Å². The lowest BCUT2D eigenvalue weighted by molar-refractivity contribution is -0.146. The number of aromatic nitrogens is 2. The van der Waals surface area contributed by atoms with Gasteiger partial charge in [0.05, 0.1) is 13.0 Å². The third kappa shape index (κ3) is 4.73. The molecular weight excluding hydrogens is 241 g/mol. The summed E-state index contributed by atoms with van der Waals surface area (Å²) in [6, 6.07) is 0. The summed E-state index contributed by atoms with van der Waals surface area (Å²) in [5, 5.41) is 7.53. The molecule has 1 aromatic rings. The quantitative estimate of drug-likeness (QED) is 0.766. The molecule has 0 aliphatic carbocycles. The van der Waals surface area contributed by atoms with Crippen molar-refractivity contribution in [2.24, 2.45) is 0 Å². The van der Waals surface area contributed by atoms with Crippen molar-refractivity contribution in [3.05, 3.63) is 9.47 Å². The molecule has 0 amide bonds. The first-order chi connectivity index (χ1) is 6.47. The van der Waals surface area contributed by atoms with Gasteiger partial charge in [0.2, 0.25) is 4.47 Å². The van der Waals surface area contributed by atoms with Crippen LogP contribution in [0.4, 0.5) is 13.2 Å². The zero-order chi connectivity index (χ0) is 10.6. The molecule has 14 heavy (non-hydrogen) atoms. The Morgan fingerprint density at radius 3 is 2.57 bits per heavy atom. The van der Waals surface area contributed by atoms with Crippen LogP contribution in [0, 0.1) is 0 Å². The maximum absolute atomic E-state index is 11.7. The van der Waals surface area contributed by atoms with Gasteiger partial charge < -0.3 is 4.74 Å². The molecule has 8 heteroatoms. The minimum atomic E-state index is -4.18. The summed E-state index contributed by atoms with van der Waals surface area (Å²) in [5.41, 5.74) is 0. The highest BCUT2D eigenvalue weighted by Gasteiger charge is 2.26. The molecule has 0 N–H and O–H groups in total. The Morgan fingerprint density at radius 1 is 1.36 bits per heavy atom. The second-order valence-electron chi connectivity index (χ2n) is 2.37. The highest BCUT2D eigenvalue weighted by Crippen LogP contribution is 2.20. The topological polar surface area (TPSA) is 35.0 Å². The largest absolute Gasteiger partial charge is 0.391 e. The molecule has 0 radical (unpaired) electrons. The zero-order valence-electron chi connectivity index (χ0n) is 6.84. The lowest BCUT2D eigenvalue weighted by atomic mass is 10.4. The van der Waals surface area contributed by atoms with E-state index in [9.17, 15) is 13.2 Å². The Bertz CT molecular complexity index is 291. The van der Waals surface area contributed by atoms with Crippen LogP contribution in [0.2, 0.25) is 4.47 Å². The van der Waals surface area contributed by atoms with Crippen LogP contribution in [0.5, 0.6) is 0 Å². The molecule has 0 atom stereocenters. The van der Waals surface area contributed by atoms with Crippen LogP contribution >= 0.6 is 22.9 Å². The first-order valence-electron chi connectivity index (χ1n) is 3.60. The number of halogens is 4. The van der Waals surface area contributed by atoms with E-state index >= 15 is 0 Å². The molecule has 3 nitrogen and oxygen atoms in total. The van der Waals surface area contributed by atoms with Gasteiger partial charge in [-0.3, -0.25) is 0 Å². The third-order valence-electron chi connectivity index (χ3n) is 1.20. The van der Waals surface area contributed by atoms with Crippen LogP contribution in [0.3, 0.4) is 0 Å². The van der Waals surface area contributed by atoms with E-state index in [1.807, 2.05) is 0 Å². The van der Waals surface area contributed by atoms with Gasteiger partial charge in [0.1, 0.15) is 11.6 Å². The molecule has 0 saturated heterocycles. The smallest absolute Gasteiger partial charge is 0.374 e. The SMILES string of the molecule is FC(F)(F)CCOCc1nnc(Cl)s1. The molecule has 0 fully saturated rings. The number of alkyl halides is 3. The molecule has 80 valence electrons. The van der Waals surface area contributed by atoms with E-state index in [-0.39, 0.29) is 17.7 Å². The molecule has 0 aliphatic rings. The van der Waals surface area contributed by atoms with Crippen LogP contribution in [-0.4, -0.2) is 23.0 Å². The van der Waals surface area contributed by atoms with Gasteiger partial charge in [-0.25, -0.2) is 0 Å². The van der Waals surface area contributed by atoms with Gasteiger partial charge in [-0.15, -0.1) is 10.2 Å².